The molecule has 2 aromatic rings. The quantitative estimate of drug-likeness (QED) is 0.452. The van der Waals surface area contributed by atoms with Crippen molar-refractivity contribution in [3.8, 4) is 17.0 Å². The monoisotopic (exact) mass is 355 g/mol. The summed E-state index contributed by atoms with van der Waals surface area (Å²) >= 11 is 0. The summed E-state index contributed by atoms with van der Waals surface area (Å²) in [4.78, 5) is 7.01. The molecule has 1 heterocycles. The smallest absolute Gasteiger partial charge is 0.476 e. The highest BCUT2D eigenvalue weighted by Crippen LogP contribution is 2.27. The third-order valence-corrected chi connectivity index (χ3v) is 2.91. The zero-order valence-electron chi connectivity index (χ0n) is 13.3. The average Bonchev–Trinajstić information content (AvgIpc) is 3.01. The Labute approximate surface area is 141 Å². The topological polar surface area (TPSA) is 80.2 Å². The van der Waals surface area contributed by atoms with Gasteiger partial charge in [-0.05, 0) is 18.2 Å². The number of hydrogen-bond donors (Lipinski definition) is 2. The van der Waals surface area contributed by atoms with E-state index in [2.05, 4.69) is 14.7 Å². The maximum atomic E-state index is 12.3. The van der Waals surface area contributed by atoms with E-state index in [-0.39, 0.29) is 18.3 Å². The first-order chi connectivity index (χ1) is 11.9. The number of H-pyrrole nitrogens is 1. The molecule has 0 aliphatic heterocycles. The van der Waals surface area contributed by atoms with Crippen molar-refractivity contribution in [2.45, 2.75) is 6.36 Å². The average molecular weight is 355 g/mol. The first kappa shape index (κ1) is 18.5. The Morgan fingerprint density at radius 2 is 2.12 bits per heavy atom. The Morgan fingerprint density at radius 3 is 2.84 bits per heavy atom. The van der Waals surface area contributed by atoms with Crippen LogP contribution in [0.3, 0.4) is 0 Å². The summed E-state index contributed by atoms with van der Waals surface area (Å²) in [6.45, 7) is 0.631. The Hall–Kier alpha value is -2.81. The molecule has 0 bridgehead atoms. The van der Waals surface area contributed by atoms with Crippen molar-refractivity contribution in [1.29, 1.82) is 5.41 Å². The van der Waals surface area contributed by atoms with Crippen LogP contribution in [-0.2, 0) is 9.47 Å². The summed E-state index contributed by atoms with van der Waals surface area (Å²) in [7, 11) is 1.53. The van der Waals surface area contributed by atoms with Crippen molar-refractivity contribution in [1.82, 2.24) is 9.97 Å². The van der Waals surface area contributed by atoms with Crippen LogP contribution < -0.4 is 4.74 Å². The molecule has 2 N–H and O–H groups in total. The Bertz CT molecular complexity index is 741. The molecule has 2 rings (SSSR count). The van der Waals surface area contributed by atoms with E-state index in [1.807, 2.05) is 0 Å². The van der Waals surface area contributed by atoms with E-state index in [0.29, 0.717) is 23.7 Å². The lowest BCUT2D eigenvalue weighted by Gasteiger charge is -2.09. The third kappa shape index (κ3) is 6.30. The molecular weight excluding hydrogens is 339 g/mol. The van der Waals surface area contributed by atoms with E-state index in [9.17, 15) is 13.2 Å². The van der Waals surface area contributed by atoms with E-state index < -0.39 is 6.36 Å². The summed E-state index contributed by atoms with van der Waals surface area (Å²) < 4.78 is 50.6. The zero-order valence-corrected chi connectivity index (χ0v) is 13.3. The predicted octanol–water partition coefficient (Wildman–Crippen LogP) is 3.63. The van der Waals surface area contributed by atoms with Gasteiger partial charge in [0.1, 0.15) is 18.2 Å². The van der Waals surface area contributed by atoms with E-state index in [1.54, 1.807) is 6.07 Å². The van der Waals surface area contributed by atoms with Crippen LogP contribution in [-0.4, -0.2) is 42.6 Å². The summed E-state index contributed by atoms with van der Waals surface area (Å²) in [5, 5.41) is 7.57. The molecule has 0 radical (unpaired) electrons. The maximum absolute atomic E-state index is 12.3. The molecule has 0 aliphatic rings. The van der Waals surface area contributed by atoms with Gasteiger partial charge in [0.25, 0.3) is 0 Å². The highest BCUT2D eigenvalue weighted by molar-refractivity contribution is 5.88. The molecule has 0 saturated carbocycles. The normalized spacial score (nSPS) is 11.7. The third-order valence-electron chi connectivity index (χ3n) is 2.91. The van der Waals surface area contributed by atoms with Crippen LogP contribution in [0.4, 0.5) is 13.2 Å². The number of hydrogen-bond acceptors (Lipinski definition) is 5. The number of benzene rings is 1. The first-order valence-corrected chi connectivity index (χ1v) is 7.17. The van der Waals surface area contributed by atoms with Gasteiger partial charge < -0.3 is 19.2 Å². The number of nitrogens with zero attached hydrogens (tertiary/aromatic N) is 1. The molecule has 0 saturated heterocycles. The first-order valence-electron chi connectivity index (χ1n) is 7.17. The standard InChI is InChI=1S/C16H16F3N3O3/c1-23-7-8-24-14(20)5-6-15-21-10-13(22-15)11-3-2-4-12(9-11)25-16(17,18)19/h2-6,9-10,20H,7-8H2,1H3,(H,21,22)/b6-5-,20-14?. The van der Waals surface area contributed by atoms with Gasteiger partial charge in [0.15, 0.2) is 0 Å². The van der Waals surface area contributed by atoms with E-state index in [0.717, 1.165) is 0 Å². The van der Waals surface area contributed by atoms with Crippen LogP contribution >= 0.6 is 0 Å². The van der Waals surface area contributed by atoms with Crippen molar-refractivity contribution >= 4 is 12.0 Å². The van der Waals surface area contributed by atoms with Gasteiger partial charge in [0, 0.05) is 18.7 Å². The molecular formula is C16H16F3N3O3. The second kappa shape index (κ2) is 8.34. The minimum Gasteiger partial charge on any atom is -0.476 e. The second-order valence-electron chi connectivity index (χ2n) is 4.80. The highest BCUT2D eigenvalue weighted by Gasteiger charge is 2.31. The summed E-state index contributed by atoms with van der Waals surface area (Å²) in [5.41, 5.74) is 0.999. The van der Waals surface area contributed by atoms with E-state index >= 15 is 0 Å². The number of halogens is 3. The van der Waals surface area contributed by atoms with Crippen LogP contribution in [0.5, 0.6) is 5.75 Å². The van der Waals surface area contributed by atoms with Crippen LogP contribution in [0.15, 0.2) is 36.5 Å². The van der Waals surface area contributed by atoms with Gasteiger partial charge in [-0.1, -0.05) is 12.1 Å². The number of imidazole rings is 1. The fourth-order valence-corrected chi connectivity index (χ4v) is 1.87. The number of aromatic amines is 1. The number of rotatable bonds is 7. The number of methoxy groups -OCH3 is 1. The van der Waals surface area contributed by atoms with Gasteiger partial charge in [-0.15, -0.1) is 13.2 Å². The molecule has 0 amide bonds. The number of ether oxygens (including phenoxy) is 3. The molecule has 6 nitrogen and oxygen atoms in total. The molecule has 0 atom stereocenters. The maximum Gasteiger partial charge on any atom is 0.573 e. The van der Waals surface area contributed by atoms with E-state index in [4.69, 9.17) is 14.9 Å². The Kier molecular flexibility index (Phi) is 6.18. The largest absolute Gasteiger partial charge is 0.573 e. The lowest BCUT2D eigenvalue weighted by Crippen LogP contribution is -2.17. The van der Waals surface area contributed by atoms with Gasteiger partial charge in [0.05, 0.1) is 18.5 Å². The van der Waals surface area contributed by atoms with Gasteiger partial charge in [-0.25, -0.2) is 4.98 Å². The fourth-order valence-electron chi connectivity index (χ4n) is 1.87. The Balaban J connectivity index is 2.03. The van der Waals surface area contributed by atoms with Crippen LogP contribution in [0, 0.1) is 5.41 Å². The predicted molar refractivity (Wildman–Crippen MR) is 85.3 cm³/mol. The molecule has 0 spiro atoms. The van der Waals surface area contributed by atoms with Crippen molar-refractivity contribution in [3.05, 3.63) is 42.4 Å². The van der Waals surface area contributed by atoms with Crippen LogP contribution in [0.25, 0.3) is 17.3 Å². The molecule has 1 aromatic heterocycles. The molecule has 0 aliphatic carbocycles. The minimum absolute atomic E-state index is 0.0597. The molecule has 25 heavy (non-hydrogen) atoms. The molecule has 9 heteroatoms. The van der Waals surface area contributed by atoms with Gasteiger partial charge in [-0.2, -0.15) is 0 Å². The van der Waals surface area contributed by atoms with Gasteiger partial charge >= 0.3 is 6.36 Å². The van der Waals surface area contributed by atoms with Gasteiger partial charge in [0.2, 0.25) is 5.90 Å². The Morgan fingerprint density at radius 1 is 1.32 bits per heavy atom. The van der Waals surface area contributed by atoms with Crippen molar-refractivity contribution < 1.29 is 27.4 Å². The van der Waals surface area contributed by atoms with Crippen LogP contribution in [0.1, 0.15) is 5.82 Å². The summed E-state index contributed by atoms with van der Waals surface area (Å²) in [5.74, 6) is 0.0535. The summed E-state index contributed by atoms with van der Waals surface area (Å²) in [6.07, 6.45) is -0.346. The number of aromatic nitrogens is 2. The molecule has 134 valence electrons. The highest BCUT2D eigenvalue weighted by atomic mass is 19.4. The van der Waals surface area contributed by atoms with Crippen molar-refractivity contribution in [3.63, 3.8) is 0 Å². The number of nitrogens with one attached hydrogen (secondary N) is 2. The summed E-state index contributed by atoms with van der Waals surface area (Å²) in [6, 6.07) is 5.55. The number of alkyl halides is 3. The molecule has 0 unspecified atom stereocenters. The lowest BCUT2D eigenvalue weighted by atomic mass is 10.1. The molecule has 1 aromatic carbocycles. The lowest BCUT2D eigenvalue weighted by molar-refractivity contribution is -0.274. The fraction of sp³-hybridized carbons (Fsp3) is 0.250. The van der Waals surface area contributed by atoms with Gasteiger partial charge in [-0.3, -0.25) is 5.41 Å². The zero-order chi connectivity index (χ0) is 18.3. The van der Waals surface area contributed by atoms with Crippen molar-refractivity contribution in [2.75, 3.05) is 20.3 Å². The van der Waals surface area contributed by atoms with E-state index in [1.165, 1.54) is 43.7 Å². The van der Waals surface area contributed by atoms with Crippen LogP contribution in [0.2, 0.25) is 0 Å². The second-order valence-corrected chi connectivity index (χ2v) is 4.80. The SMILES string of the molecule is COCCOC(=N)/C=C\c1ncc(-c2cccc(OC(F)(F)F)c2)[nH]1. The van der Waals surface area contributed by atoms with Crippen molar-refractivity contribution in [2.24, 2.45) is 0 Å². The molecule has 0 fully saturated rings. The minimum atomic E-state index is -4.75.